The number of rotatable bonds is 11. The quantitative estimate of drug-likeness (QED) is 0.186. The lowest BCUT2D eigenvalue weighted by molar-refractivity contribution is -0.00337. The minimum absolute atomic E-state index is 0.0609. The average Bonchev–Trinajstić information content (AvgIpc) is 3.39. The number of nitrogens with two attached hydrogens (primary N) is 1. The number of nitrogens with one attached hydrogen (secondary N) is 2. The second kappa shape index (κ2) is 12.7. The van der Waals surface area contributed by atoms with Gasteiger partial charge in [0.25, 0.3) is 5.91 Å². The van der Waals surface area contributed by atoms with Crippen LogP contribution in [0.1, 0.15) is 64.0 Å². The van der Waals surface area contributed by atoms with Crippen LogP contribution in [0.25, 0.3) is 10.8 Å². The largest absolute Gasteiger partial charge is 0.382 e. The summed E-state index contributed by atoms with van der Waals surface area (Å²) in [4.78, 5) is 24.9. The molecule has 1 aliphatic carbocycles. The molecule has 3 aromatic carbocycles. The van der Waals surface area contributed by atoms with Crippen LogP contribution in [-0.2, 0) is 17.9 Å². The Bertz CT molecular complexity index is 1480. The fraction of sp³-hybridized carbons (Fsp3) is 0.281. The van der Waals surface area contributed by atoms with Crippen LogP contribution < -0.4 is 16.4 Å². The van der Waals surface area contributed by atoms with Gasteiger partial charge in [0, 0.05) is 5.70 Å². The highest BCUT2D eigenvalue weighted by atomic mass is 16.5. The van der Waals surface area contributed by atoms with E-state index in [0.717, 1.165) is 47.6 Å². The summed E-state index contributed by atoms with van der Waals surface area (Å²) in [6, 6.07) is 25.4. The maximum Gasteiger partial charge on any atom is 0.273 e. The number of allylic oxidation sites excluding steroid dienone is 1. The van der Waals surface area contributed by atoms with Crippen molar-refractivity contribution >= 4 is 23.0 Å². The van der Waals surface area contributed by atoms with Gasteiger partial charge in [0.05, 0.1) is 25.3 Å². The molecule has 8 heteroatoms. The van der Waals surface area contributed by atoms with Gasteiger partial charge in [0.15, 0.2) is 12.0 Å². The molecular formula is C32H35N5O3. The Morgan fingerprint density at radius 2 is 1.82 bits per heavy atom. The van der Waals surface area contributed by atoms with Gasteiger partial charge in [-0.1, -0.05) is 92.2 Å². The van der Waals surface area contributed by atoms with Gasteiger partial charge in [-0.3, -0.25) is 14.3 Å². The average molecular weight is 538 g/mol. The maximum absolute atomic E-state index is 13.0. The van der Waals surface area contributed by atoms with Crippen LogP contribution in [0.3, 0.4) is 0 Å². The second-order valence-corrected chi connectivity index (χ2v) is 10.2. The second-order valence-electron chi connectivity index (χ2n) is 10.2. The first kappa shape index (κ1) is 27.3. The van der Waals surface area contributed by atoms with E-state index in [1.54, 1.807) is 0 Å². The first-order chi connectivity index (χ1) is 19.5. The molecule has 5 rings (SSSR count). The Balaban J connectivity index is 1.21. The molecule has 0 aliphatic heterocycles. The lowest BCUT2D eigenvalue weighted by Crippen LogP contribution is -2.43. The molecule has 206 valence electrons. The monoisotopic (exact) mass is 537 g/mol. The SMILES string of the molecule is C=C(Cn1nc(C(=O)N[C@@H](N)c2cccc3ccccc23)cc1C=O)NC1CCCC[C@@H]1OCc1ccccc1. The number of fused-ring (bicyclic) bond motifs is 1. The summed E-state index contributed by atoms with van der Waals surface area (Å²) in [5, 5.41) is 12.7. The van der Waals surface area contributed by atoms with Gasteiger partial charge in [0.2, 0.25) is 0 Å². The van der Waals surface area contributed by atoms with Crippen LogP contribution in [-0.4, -0.2) is 34.1 Å². The standard InChI is InChI=1S/C32H35N5O3/c1-22(34-28-16-7-8-17-30(28)40-21-23-10-3-2-4-11-23)19-37-25(20-38)18-29(36-37)32(39)35-31(33)27-15-9-13-24-12-5-6-14-26(24)27/h2-6,9-15,18,20,28,30-31,34H,1,7-8,16-17,19,21,33H2,(H,35,39)/t28?,30-,31+/m0/s1. The van der Waals surface area contributed by atoms with E-state index in [0.29, 0.717) is 18.6 Å². The summed E-state index contributed by atoms with van der Waals surface area (Å²) < 4.78 is 7.76. The van der Waals surface area contributed by atoms with E-state index in [9.17, 15) is 9.59 Å². The van der Waals surface area contributed by atoms with Crippen LogP contribution in [0.5, 0.6) is 0 Å². The van der Waals surface area contributed by atoms with Crippen LogP contribution in [0.2, 0.25) is 0 Å². The normalized spacial score (nSPS) is 17.7. The topological polar surface area (TPSA) is 111 Å². The van der Waals surface area contributed by atoms with Crippen LogP contribution in [0.15, 0.2) is 91.1 Å². The van der Waals surface area contributed by atoms with Crippen molar-refractivity contribution in [3.05, 3.63) is 114 Å². The number of hydrogen-bond acceptors (Lipinski definition) is 6. The molecular weight excluding hydrogens is 502 g/mol. The predicted molar refractivity (Wildman–Crippen MR) is 156 cm³/mol. The molecule has 3 atom stereocenters. The molecule has 0 bridgehead atoms. The highest BCUT2D eigenvalue weighted by molar-refractivity contribution is 5.94. The van der Waals surface area contributed by atoms with Crippen LogP contribution >= 0.6 is 0 Å². The number of hydrogen-bond donors (Lipinski definition) is 3. The number of benzene rings is 3. The number of carbonyl (C=O) groups excluding carboxylic acids is 2. The molecule has 1 aliphatic rings. The highest BCUT2D eigenvalue weighted by Crippen LogP contribution is 2.24. The first-order valence-electron chi connectivity index (χ1n) is 13.7. The Labute approximate surface area is 234 Å². The van der Waals surface area contributed by atoms with Crippen molar-refractivity contribution in [2.24, 2.45) is 5.73 Å². The van der Waals surface area contributed by atoms with Gasteiger partial charge in [-0.2, -0.15) is 5.10 Å². The third kappa shape index (κ3) is 6.47. The lowest BCUT2D eigenvalue weighted by Gasteiger charge is -2.33. The Kier molecular flexibility index (Phi) is 8.68. The molecule has 1 unspecified atom stereocenters. The molecule has 1 aromatic heterocycles. The zero-order chi connectivity index (χ0) is 27.9. The van der Waals surface area contributed by atoms with E-state index in [4.69, 9.17) is 10.5 Å². The lowest BCUT2D eigenvalue weighted by atomic mass is 9.92. The zero-order valence-electron chi connectivity index (χ0n) is 22.5. The van der Waals surface area contributed by atoms with Crippen molar-refractivity contribution in [2.45, 2.75) is 57.1 Å². The summed E-state index contributed by atoms with van der Waals surface area (Å²) in [5.74, 6) is -0.456. The summed E-state index contributed by atoms with van der Waals surface area (Å²) >= 11 is 0. The molecule has 1 amide bonds. The van der Waals surface area contributed by atoms with Gasteiger partial charge in [-0.15, -0.1) is 0 Å². The van der Waals surface area contributed by atoms with Crippen molar-refractivity contribution in [1.29, 1.82) is 0 Å². The molecule has 1 heterocycles. The molecule has 0 spiro atoms. The van der Waals surface area contributed by atoms with E-state index in [2.05, 4.69) is 34.4 Å². The highest BCUT2D eigenvalue weighted by Gasteiger charge is 2.26. The van der Waals surface area contributed by atoms with E-state index in [1.807, 2.05) is 60.7 Å². The molecule has 0 saturated heterocycles. The summed E-state index contributed by atoms with van der Waals surface area (Å²) in [6.45, 7) is 4.99. The molecule has 1 fully saturated rings. The third-order valence-corrected chi connectivity index (χ3v) is 7.35. The van der Waals surface area contributed by atoms with Crippen LogP contribution in [0, 0.1) is 0 Å². The summed E-state index contributed by atoms with van der Waals surface area (Å²) in [6.07, 6.45) is 4.19. The van der Waals surface area contributed by atoms with Crippen molar-refractivity contribution < 1.29 is 14.3 Å². The van der Waals surface area contributed by atoms with Crippen molar-refractivity contribution in [2.75, 3.05) is 0 Å². The molecule has 8 nitrogen and oxygen atoms in total. The van der Waals surface area contributed by atoms with Crippen molar-refractivity contribution in [3.63, 3.8) is 0 Å². The van der Waals surface area contributed by atoms with Crippen molar-refractivity contribution in [3.8, 4) is 0 Å². The molecule has 40 heavy (non-hydrogen) atoms. The number of amides is 1. The first-order valence-corrected chi connectivity index (χ1v) is 13.7. The van der Waals surface area contributed by atoms with Gasteiger partial charge in [-0.05, 0) is 40.8 Å². The van der Waals surface area contributed by atoms with E-state index < -0.39 is 12.1 Å². The van der Waals surface area contributed by atoms with E-state index in [-0.39, 0.29) is 30.1 Å². The number of carbonyl (C=O) groups is 2. The van der Waals surface area contributed by atoms with Crippen LogP contribution in [0.4, 0.5) is 0 Å². The Hall–Kier alpha value is -4.27. The van der Waals surface area contributed by atoms with E-state index >= 15 is 0 Å². The number of aromatic nitrogens is 2. The van der Waals surface area contributed by atoms with Crippen molar-refractivity contribution in [1.82, 2.24) is 20.4 Å². The minimum Gasteiger partial charge on any atom is -0.382 e. The number of aldehydes is 1. The maximum atomic E-state index is 13.0. The fourth-order valence-corrected chi connectivity index (χ4v) is 5.31. The predicted octanol–water partition coefficient (Wildman–Crippen LogP) is 4.87. The number of nitrogens with zero attached hydrogens (tertiary/aromatic N) is 2. The number of ether oxygens (including phenoxy) is 1. The van der Waals surface area contributed by atoms with Gasteiger partial charge in [-0.25, -0.2) is 0 Å². The molecule has 4 N–H and O–H groups in total. The zero-order valence-corrected chi connectivity index (χ0v) is 22.5. The Morgan fingerprint density at radius 1 is 1.07 bits per heavy atom. The minimum atomic E-state index is -0.737. The van der Waals surface area contributed by atoms with E-state index in [1.165, 1.54) is 10.7 Å². The molecule has 1 saturated carbocycles. The molecule has 0 radical (unpaired) electrons. The summed E-state index contributed by atoms with van der Waals surface area (Å²) in [7, 11) is 0. The smallest absolute Gasteiger partial charge is 0.273 e. The van der Waals surface area contributed by atoms with Gasteiger partial charge < -0.3 is 21.1 Å². The van der Waals surface area contributed by atoms with Gasteiger partial charge in [0.1, 0.15) is 11.9 Å². The van der Waals surface area contributed by atoms with Gasteiger partial charge >= 0.3 is 0 Å². The third-order valence-electron chi connectivity index (χ3n) is 7.35. The fourth-order valence-electron chi connectivity index (χ4n) is 5.31. The molecule has 4 aromatic rings. The Morgan fingerprint density at radius 3 is 2.65 bits per heavy atom. The summed E-state index contributed by atoms with van der Waals surface area (Å²) in [5.41, 5.74) is 9.41.